The summed E-state index contributed by atoms with van der Waals surface area (Å²) in [6.45, 7) is 0.387. The normalized spacial score (nSPS) is 10.1. The highest BCUT2D eigenvalue weighted by Crippen LogP contribution is 2.10. The fourth-order valence-corrected chi connectivity index (χ4v) is 1.53. The van der Waals surface area contributed by atoms with Crippen molar-refractivity contribution >= 4 is 21.8 Å². The Hall–Kier alpha value is -1.69. The second-order valence-electron chi connectivity index (χ2n) is 3.11. The largest absolute Gasteiger partial charge is 0.356 e. The third kappa shape index (κ3) is 2.66. The van der Waals surface area contributed by atoms with E-state index in [9.17, 15) is 4.79 Å². The number of aromatic nitrogens is 3. The fraction of sp³-hybridized carbons (Fsp3) is 0.100. The van der Waals surface area contributed by atoms with Gasteiger partial charge in [0.15, 0.2) is 0 Å². The number of rotatable bonds is 3. The van der Waals surface area contributed by atoms with Crippen molar-refractivity contribution in [2.45, 2.75) is 6.54 Å². The summed E-state index contributed by atoms with van der Waals surface area (Å²) >= 11 is 3.26. The third-order valence-corrected chi connectivity index (χ3v) is 2.42. The minimum atomic E-state index is -0.163. The van der Waals surface area contributed by atoms with Crippen molar-refractivity contribution < 1.29 is 4.79 Å². The van der Waals surface area contributed by atoms with Crippen LogP contribution in [0, 0.1) is 0 Å². The Morgan fingerprint density at radius 1 is 1.56 bits per heavy atom. The lowest BCUT2D eigenvalue weighted by Gasteiger charge is -2.02. The molecule has 82 valence electrons. The Morgan fingerprint density at radius 3 is 3.06 bits per heavy atom. The minimum Gasteiger partial charge on any atom is -0.356 e. The number of carbonyl (C=O) groups excluding carboxylic acids is 1. The van der Waals surface area contributed by atoms with Gasteiger partial charge in [-0.25, -0.2) is 9.97 Å². The standard InChI is InChI=1S/C10H9BrN4O/c11-7-3-9(13-4-7)10(16)14-5-8-1-2-12-6-15-8/h1-4,6,13H,5H2,(H,14,16). The van der Waals surface area contributed by atoms with Gasteiger partial charge in [-0.2, -0.15) is 0 Å². The summed E-state index contributed by atoms with van der Waals surface area (Å²) < 4.78 is 0.847. The maximum atomic E-state index is 11.6. The minimum absolute atomic E-state index is 0.163. The summed E-state index contributed by atoms with van der Waals surface area (Å²) in [5.41, 5.74) is 1.29. The molecule has 2 N–H and O–H groups in total. The molecule has 0 saturated carbocycles. The number of hydrogen-bond acceptors (Lipinski definition) is 3. The van der Waals surface area contributed by atoms with E-state index < -0.39 is 0 Å². The van der Waals surface area contributed by atoms with Crippen LogP contribution in [0.2, 0.25) is 0 Å². The van der Waals surface area contributed by atoms with Gasteiger partial charge in [-0.05, 0) is 28.1 Å². The first-order valence-corrected chi connectivity index (χ1v) is 5.42. The van der Waals surface area contributed by atoms with Gasteiger partial charge in [0, 0.05) is 16.9 Å². The Bertz CT molecular complexity index is 483. The summed E-state index contributed by atoms with van der Waals surface area (Å²) in [5.74, 6) is -0.163. The van der Waals surface area contributed by atoms with Crippen LogP contribution in [0.5, 0.6) is 0 Å². The monoisotopic (exact) mass is 280 g/mol. The number of hydrogen-bond donors (Lipinski definition) is 2. The van der Waals surface area contributed by atoms with E-state index in [0.29, 0.717) is 12.2 Å². The molecule has 0 radical (unpaired) electrons. The zero-order valence-corrected chi connectivity index (χ0v) is 9.86. The molecular formula is C10H9BrN4O. The molecule has 5 nitrogen and oxygen atoms in total. The SMILES string of the molecule is O=C(NCc1ccncn1)c1cc(Br)c[nH]1. The summed E-state index contributed by atoms with van der Waals surface area (Å²) in [5, 5.41) is 2.75. The summed E-state index contributed by atoms with van der Waals surface area (Å²) in [6.07, 6.45) is 4.80. The lowest BCUT2D eigenvalue weighted by Crippen LogP contribution is -2.23. The molecule has 2 rings (SSSR count). The predicted molar refractivity (Wildman–Crippen MR) is 61.7 cm³/mol. The van der Waals surface area contributed by atoms with Crippen molar-refractivity contribution in [2.75, 3.05) is 0 Å². The number of nitrogens with zero attached hydrogens (tertiary/aromatic N) is 2. The van der Waals surface area contributed by atoms with Crippen LogP contribution in [0.4, 0.5) is 0 Å². The molecule has 16 heavy (non-hydrogen) atoms. The molecule has 0 saturated heterocycles. The average Bonchev–Trinajstić information content (AvgIpc) is 2.74. The smallest absolute Gasteiger partial charge is 0.268 e. The van der Waals surface area contributed by atoms with E-state index in [4.69, 9.17) is 0 Å². The topological polar surface area (TPSA) is 70.7 Å². The molecule has 2 aromatic heterocycles. The average molecular weight is 281 g/mol. The predicted octanol–water partition coefficient (Wildman–Crippen LogP) is 1.50. The molecule has 0 unspecified atom stereocenters. The second-order valence-corrected chi connectivity index (χ2v) is 4.03. The van der Waals surface area contributed by atoms with Gasteiger partial charge in [0.05, 0.1) is 12.2 Å². The maximum absolute atomic E-state index is 11.6. The summed E-state index contributed by atoms with van der Waals surface area (Å²) in [7, 11) is 0. The zero-order chi connectivity index (χ0) is 11.4. The van der Waals surface area contributed by atoms with Gasteiger partial charge in [0.1, 0.15) is 12.0 Å². The molecular weight excluding hydrogens is 272 g/mol. The van der Waals surface area contributed by atoms with Gasteiger partial charge >= 0.3 is 0 Å². The lowest BCUT2D eigenvalue weighted by molar-refractivity contribution is 0.0946. The summed E-state index contributed by atoms with van der Waals surface area (Å²) in [4.78, 5) is 22.3. The van der Waals surface area contributed by atoms with Crippen molar-refractivity contribution in [1.82, 2.24) is 20.3 Å². The van der Waals surface area contributed by atoms with Crippen molar-refractivity contribution in [2.24, 2.45) is 0 Å². The van der Waals surface area contributed by atoms with E-state index in [1.54, 1.807) is 24.5 Å². The number of halogens is 1. The van der Waals surface area contributed by atoms with Crippen LogP contribution in [0.3, 0.4) is 0 Å². The Kier molecular flexibility index (Phi) is 3.31. The molecule has 0 spiro atoms. The van der Waals surface area contributed by atoms with Crippen LogP contribution >= 0.6 is 15.9 Å². The number of carbonyl (C=O) groups is 1. The van der Waals surface area contributed by atoms with Crippen molar-refractivity contribution in [3.8, 4) is 0 Å². The molecule has 0 fully saturated rings. The first kappa shape index (κ1) is 10.8. The van der Waals surface area contributed by atoms with Gasteiger partial charge < -0.3 is 10.3 Å². The van der Waals surface area contributed by atoms with E-state index in [-0.39, 0.29) is 5.91 Å². The van der Waals surface area contributed by atoms with Gasteiger partial charge in [-0.15, -0.1) is 0 Å². The number of nitrogens with one attached hydrogen (secondary N) is 2. The molecule has 2 heterocycles. The summed E-state index contributed by atoms with van der Waals surface area (Å²) in [6, 6.07) is 3.47. The Labute approximate surface area is 100 Å². The molecule has 1 amide bonds. The van der Waals surface area contributed by atoms with E-state index in [1.807, 2.05) is 0 Å². The van der Waals surface area contributed by atoms with Crippen LogP contribution in [-0.2, 0) is 6.54 Å². The molecule has 0 aliphatic rings. The van der Waals surface area contributed by atoms with E-state index in [1.165, 1.54) is 6.33 Å². The zero-order valence-electron chi connectivity index (χ0n) is 8.27. The third-order valence-electron chi connectivity index (χ3n) is 1.97. The van der Waals surface area contributed by atoms with Crippen LogP contribution in [-0.4, -0.2) is 20.9 Å². The number of H-pyrrole nitrogens is 1. The van der Waals surface area contributed by atoms with Gasteiger partial charge in [0.2, 0.25) is 0 Å². The lowest BCUT2D eigenvalue weighted by atomic mass is 10.3. The van der Waals surface area contributed by atoms with E-state index in [0.717, 1.165) is 10.2 Å². The van der Waals surface area contributed by atoms with Crippen LogP contribution in [0.1, 0.15) is 16.2 Å². The molecule has 0 bridgehead atoms. The van der Waals surface area contributed by atoms with E-state index in [2.05, 4.69) is 36.2 Å². The highest BCUT2D eigenvalue weighted by atomic mass is 79.9. The molecule has 6 heteroatoms. The Morgan fingerprint density at radius 2 is 2.44 bits per heavy atom. The second kappa shape index (κ2) is 4.89. The van der Waals surface area contributed by atoms with Gasteiger partial charge in [-0.3, -0.25) is 4.79 Å². The molecule has 0 aromatic carbocycles. The van der Waals surface area contributed by atoms with Gasteiger partial charge in [0.25, 0.3) is 5.91 Å². The maximum Gasteiger partial charge on any atom is 0.268 e. The van der Waals surface area contributed by atoms with Crippen molar-refractivity contribution in [3.63, 3.8) is 0 Å². The fourth-order valence-electron chi connectivity index (χ4n) is 1.19. The molecule has 0 aliphatic heterocycles. The van der Waals surface area contributed by atoms with Crippen molar-refractivity contribution in [1.29, 1.82) is 0 Å². The molecule has 0 atom stereocenters. The van der Waals surface area contributed by atoms with Crippen molar-refractivity contribution in [3.05, 3.63) is 46.7 Å². The quantitative estimate of drug-likeness (QED) is 0.895. The molecule has 0 aliphatic carbocycles. The first-order valence-electron chi connectivity index (χ1n) is 4.63. The highest BCUT2D eigenvalue weighted by Gasteiger charge is 2.07. The van der Waals surface area contributed by atoms with E-state index >= 15 is 0 Å². The molecule has 2 aromatic rings. The van der Waals surface area contributed by atoms with Gasteiger partial charge in [-0.1, -0.05) is 0 Å². The highest BCUT2D eigenvalue weighted by molar-refractivity contribution is 9.10. The van der Waals surface area contributed by atoms with Crippen LogP contribution in [0.25, 0.3) is 0 Å². The van der Waals surface area contributed by atoms with Crippen LogP contribution in [0.15, 0.2) is 35.3 Å². The van der Waals surface area contributed by atoms with Crippen LogP contribution < -0.4 is 5.32 Å². The number of aromatic amines is 1. The first-order chi connectivity index (χ1) is 7.75. The Balaban J connectivity index is 1.94. The number of amides is 1.